The summed E-state index contributed by atoms with van der Waals surface area (Å²) in [4.78, 5) is 16.2. The molecule has 2 saturated heterocycles. The molecule has 2 aliphatic heterocycles. The molecule has 0 unspecified atom stereocenters. The Bertz CT molecular complexity index is 213. The van der Waals surface area contributed by atoms with Crippen LogP contribution in [-0.4, -0.2) is 61.5 Å². The Labute approximate surface area is 104 Å². The van der Waals surface area contributed by atoms with E-state index in [9.17, 15) is 4.79 Å². The van der Waals surface area contributed by atoms with Crippen molar-refractivity contribution in [2.75, 3.05) is 45.8 Å². The van der Waals surface area contributed by atoms with Crippen molar-refractivity contribution < 1.29 is 4.79 Å². The van der Waals surface area contributed by atoms with E-state index in [1.165, 1.54) is 25.9 Å². The summed E-state index contributed by atoms with van der Waals surface area (Å²) in [6, 6.07) is 0. The fourth-order valence-electron chi connectivity index (χ4n) is 2.33. The maximum absolute atomic E-state index is 11.8. The van der Waals surface area contributed by atoms with Crippen molar-refractivity contribution in [3.63, 3.8) is 0 Å². The summed E-state index contributed by atoms with van der Waals surface area (Å²) < 4.78 is 0. The van der Waals surface area contributed by atoms with Crippen molar-refractivity contribution in [3.8, 4) is 0 Å². The van der Waals surface area contributed by atoms with Crippen LogP contribution in [0.1, 0.15) is 19.3 Å². The SMILES string of the molecule is Cl.O=C(CCN1CCCC1)N1CCNCC1. The van der Waals surface area contributed by atoms with E-state index in [4.69, 9.17) is 0 Å². The number of nitrogens with one attached hydrogen (secondary N) is 1. The Kier molecular flexibility index (Phi) is 6.09. The van der Waals surface area contributed by atoms with Crippen molar-refractivity contribution >= 4 is 18.3 Å². The number of amides is 1. The van der Waals surface area contributed by atoms with Crippen molar-refractivity contribution in [1.82, 2.24) is 15.1 Å². The monoisotopic (exact) mass is 247 g/mol. The maximum atomic E-state index is 11.8. The zero-order valence-corrected chi connectivity index (χ0v) is 10.6. The van der Waals surface area contributed by atoms with E-state index in [1.807, 2.05) is 4.90 Å². The first-order valence-electron chi connectivity index (χ1n) is 6.07. The quantitative estimate of drug-likeness (QED) is 0.781. The Hall–Kier alpha value is -0.320. The van der Waals surface area contributed by atoms with Crippen LogP contribution in [0.25, 0.3) is 0 Å². The highest BCUT2D eigenvalue weighted by molar-refractivity contribution is 5.85. The average Bonchev–Trinajstić information content (AvgIpc) is 2.80. The topological polar surface area (TPSA) is 35.6 Å². The first kappa shape index (κ1) is 13.7. The van der Waals surface area contributed by atoms with Crippen LogP contribution in [0.4, 0.5) is 0 Å². The molecule has 1 amide bonds. The average molecular weight is 248 g/mol. The number of rotatable bonds is 3. The molecule has 2 rings (SSSR count). The van der Waals surface area contributed by atoms with Crippen LogP contribution in [0.5, 0.6) is 0 Å². The highest BCUT2D eigenvalue weighted by Gasteiger charge is 2.18. The van der Waals surface area contributed by atoms with Gasteiger partial charge in [-0.05, 0) is 25.9 Å². The lowest BCUT2D eigenvalue weighted by atomic mass is 10.3. The Morgan fingerprint density at radius 1 is 1.06 bits per heavy atom. The van der Waals surface area contributed by atoms with Crippen molar-refractivity contribution in [2.45, 2.75) is 19.3 Å². The first-order valence-corrected chi connectivity index (χ1v) is 6.07. The van der Waals surface area contributed by atoms with Crippen LogP contribution in [-0.2, 0) is 4.79 Å². The van der Waals surface area contributed by atoms with Gasteiger partial charge in [-0.25, -0.2) is 0 Å². The standard InChI is InChI=1S/C11H21N3O.ClH/c15-11(14-9-4-12-5-10-14)3-8-13-6-1-2-7-13;/h12H,1-10H2;1H. The minimum Gasteiger partial charge on any atom is -0.340 e. The zero-order valence-electron chi connectivity index (χ0n) is 9.78. The molecule has 1 N–H and O–H groups in total. The smallest absolute Gasteiger partial charge is 0.223 e. The summed E-state index contributed by atoms with van der Waals surface area (Å²) >= 11 is 0. The molecule has 2 aliphatic rings. The summed E-state index contributed by atoms with van der Waals surface area (Å²) in [5.41, 5.74) is 0. The second kappa shape index (κ2) is 7.09. The molecule has 0 aromatic heterocycles. The van der Waals surface area contributed by atoms with Gasteiger partial charge in [0.1, 0.15) is 0 Å². The molecule has 0 aliphatic carbocycles. The fourth-order valence-corrected chi connectivity index (χ4v) is 2.33. The van der Waals surface area contributed by atoms with Gasteiger partial charge in [-0.1, -0.05) is 0 Å². The highest BCUT2D eigenvalue weighted by Crippen LogP contribution is 2.08. The van der Waals surface area contributed by atoms with Crippen LogP contribution in [0.2, 0.25) is 0 Å². The number of piperazine rings is 1. The van der Waals surface area contributed by atoms with E-state index in [1.54, 1.807) is 0 Å². The maximum Gasteiger partial charge on any atom is 0.223 e. The Balaban J connectivity index is 0.00000128. The zero-order chi connectivity index (χ0) is 10.5. The van der Waals surface area contributed by atoms with Gasteiger partial charge < -0.3 is 15.1 Å². The van der Waals surface area contributed by atoms with E-state index in [0.29, 0.717) is 12.3 Å². The molecular formula is C11H22ClN3O. The van der Waals surface area contributed by atoms with E-state index >= 15 is 0 Å². The van der Waals surface area contributed by atoms with E-state index in [-0.39, 0.29) is 12.4 Å². The molecule has 0 saturated carbocycles. The van der Waals surface area contributed by atoms with Crippen LogP contribution in [0.15, 0.2) is 0 Å². The lowest BCUT2D eigenvalue weighted by Gasteiger charge is -2.28. The normalized spacial score (nSPS) is 21.9. The van der Waals surface area contributed by atoms with Gasteiger partial charge in [0.15, 0.2) is 0 Å². The van der Waals surface area contributed by atoms with Gasteiger partial charge in [-0.3, -0.25) is 4.79 Å². The molecule has 0 aromatic rings. The predicted octanol–water partition coefficient (Wildman–Crippen LogP) is 0.326. The molecule has 0 bridgehead atoms. The second-order valence-corrected chi connectivity index (χ2v) is 4.43. The number of likely N-dealkylation sites (tertiary alicyclic amines) is 1. The third-order valence-corrected chi connectivity index (χ3v) is 3.31. The molecule has 4 nitrogen and oxygen atoms in total. The molecule has 5 heteroatoms. The lowest BCUT2D eigenvalue weighted by Crippen LogP contribution is -2.47. The third-order valence-electron chi connectivity index (χ3n) is 3.31. The number of carbonyl (C=O) groups is 1. The molecule has 0 aromatic carbocycles. The summed E-state index contributed by atoms with van der Waals surface area (Å²) in [6.07, 6.45) is 3.32. The molecule has 16 heavy (non-hydrogen) atoms. The van der Waals surface area contributed by atoms with Gasteiger partial charge in [0.2, 0.25) is 5.91 Å². The predicted molar refractivity (Wildman–Crippen MR) is 67.0 cm³/mol. The van der Waals surface area contributed by atoms with E-state index in [2.05, 4.69) is 10.2 Å². The number of hydrogen-bond donors (Lipinski definition) is 1. The van der Waals surface area contributed by atoms with Gasteiger partial charge in [0.05, 0.1) is 0 Å². The molecule has 0 atom stereocenters. The molecular weight excluding hydrogens is 226 g/mol. The minimum absolute atomic E-state index is 0. The van der Waals surface area contributed by atoms with Gasteiger partial charge in [0, 0.05) is 39.1 Å². The highest BCUT2D eigenvalue weighted by atomic mass is 35.5. The summed E-state index contributed by atoms with van der Waals surface area (Å²) in [6.45, 7) is 7.02. The van der Waals surface area contributed by atoms with Gasteiger partial charge in [0.25, 0.3) is 0 Å². The lowest BCUT2D eigenvalue weighted by molar-refractivity contribution is -0.132. The summed E-state index contributed by atoms with van der Waals surface area (Å²) in [5.74, 6) is 0.336. The summed E-state index contributed by atoms with van der Waals surface area (Å²) in [7, 11) is 0. The van der Waals surface area contributed by atoms with Gasteiger partial charge >= 0.3 is 0 Å². The van der Waals surface area contributed by atoms with Crippen molar-refractivity contribution in [2.24, 2.45) is 0 Å². The number of halogens is 1. The van der Waals surface area contributed by atoms with Gasteiger partial charge in [-0.2, -0.15) is 0 Å². The Morgan fingerprint density at radius 2 is 1.69 bits per heavy atom. The van der Waals surface area contributed by atoms with Crippen molar-refractivity contribution in [1.29, 1.82) is 0 Å². The number of hydrogen-bond acceptors (Lipinski definition) is 3. The Morgan fingerprint density at radius 3 is 2.31 bits per heavy atom. The number of carbonyl (C=O) groups excluding carboxylic acids is 1. The van der Waals surface area contributed by atoms with E-state index < -0.39 is 0 Å². The van der Waals surface area contributed by atoms with E-state index in [0.717, 1.165) is 32.7 Å². The number of nitrogens with zero attached hydrogens (tertiary/aromatic N) is 2. The third kappa shape index (κ3) is 3.92. The second-order valence-electron chi connectivity index (χ2n) is 4.43. The molecule has 2 fully saturated rings. The van der Waals surface area contributed by atoms with Gasteiger partial charge in [-0.15, -0.1) is 12.4 Å². The summed E-state index contributed by atoms with van der Waals surface area (Å²) in [5, 5.41) is 3.26. The molecule has 0 radical (unpaired) electrons. The minimum atomic E-state index is 0. The fraction of sp³-hybridized carbons (Fsp3) is 0.909. The first-order chi connectivity index (χ1) is 7.36. The van der Waals surface area contributed by atoms with Crippen molar-refractivity contribution in [3.05, 3.63) is 0 Å². The molecule has 94 valence electrons. The van der Waals surface area contributed by atoms with Crippen LogP contribution >= 0.6 is 12.4 Å². The van der Waals surface area contributed by atoms with Crippen LogP contribution in [0.3, 0.4) is 0 Å². The molecule has 0 spiro atoms. The van der Waals surface area contributed by atoms with Crippen LogP contribution in [0, 0.1) is 0 Å². The van der Waals surface area contributed by atoms with Crippen LogP contribution < -0.4 is 5.32 Å². The largest absolute Gasteiger partial charge is 0.340 e. The molecule has 2 heterocycles.